The molecule has 0 saturated heterocycles. The molecule has 0 aliphatic carbocycles. The largest absolute Gasteiger partial charge is 0.366 e. The van der Waals surface area contributed by atoms with Gasteiger partial charge in [-0.15, -0.1) is 0 Å². The standard InChI is InChI=1S/C11H16N4O2/c1-7(11(17)15(2)3)14-9-5-4-8(6-13-9)10(12)16/h4-7H,1-3H3,(H2,12,16)(H,13,14). The van der Waals surface area contributed by atoms with E-state index in [9.17, 15) is 9.59 Å². The van der Waals surface area contributed by atoms with Crippen LogP contribution in [0.3, 0.4) is 0 Å². The number of nitrogens with one attached hydrogen (secondary N) is 1. The summed E-state index contributed by atoms with van der Waals surface area (Å²) in [5, 5.41) is 2.93. The molecule has 6 nitrogen and oxygen atoms in total. The van der Waals surface area contributed by atoms with Crippen LogP contribution in [-0.2, 0) is 4.79 Å². The van der Waals surface area contributed by atoms with Crippen LogP contribution in [0.5, 0.6) is 0 Å². The fourth-order valence-electron chi connectivity index (χ4n) is 1.30. The molecule has 0 spiro atoms. The van der Waals surface area contributed by atoms with Crippen LogP contribution < -0.4 is 11.1 Å². The zero-order valence-corrected chi connectivity index (χ0v) is 10.1. The Labute approximate surface area is 99.8 Å². The van der Waals surface area contributed by atoms with Gasteiger partial charge in [-0.25, -0.2) is 4.98 Å². The summed E-state index contributed by atoms with van der Waals surface area (Å²) in [5.74, 6) is -0.0510. The predicted molar refractivity (Wildman–Crippen MR) is 64.5 cm³/mol. The maximum Gasteiger partial charge on any atom is 0.250 e. The van der Waals surface area contributed by atoms with Crippen molar-refractivity contribution in [1.82, 2.24) is 9.88 Å². The maximum absolute atomic E-state index is 11.6. The molecule has 1 unspecified atom stereocenters. The van der Waals surface area contributed by atoms with Crippen molar-refractivity contribution >= 4 is 17.6 Å². The minimum atomic E-state index is -0.526. The summed E-state index contributed by atoms with van der Waals surface area (Å²) >= 11 is 0. The van der Waals surface area contributed by atoms with Gasteiger partial charge in [0.05, 0.1) is 5.56 Å². The van der Waals surface area contributed by atoms with Crippen LogP contribution in [0.25, 0.3) is 0 Å². The van der Waals surface area contributed by atoms with Gasteiger partial charge in [0.2, 0.25) is 11.8 Å². The highest BCUT2D eigenvalue weighted by atomic mass is 16.2. The number of likely N-dealkylation sites (N-methyl/N-ethyl adjacent to an activating group) is 1. The molecule has 92 valence electrons. The van der Waals surface area contributed by atoms with Crippen LogP contribution >= 0.6 is 0 Å². The van der Waals surface area contributed by atoms with Gasteiger partial charge < -0.3 is 16.0 Å². The molecular formula is C11H16N4O2. The molecule has 1 rings (SSSR count). The van der Waals surface area contributed by atoms with E-state index in [2.05, 4.69) is 10.3 Å². The number of nitrogens with zero attached hydrogens (tertiary/aromatic N) is 2. The predicted octanol–water partition coefficient (Wildman–Crippen LogP) is 0.0691. The van der Waals surface area contributed by atoms with Crippen molar-refractivity contribution in [3.8, 4) is 0 Å². The Hall–Kier alpha value is -2.11. The van der Waals surface area contributed by atoms with Gasteiger partial charge in [0.15, 0.2) is 0 Å². The molecule has 1 atom stereocenters. The fraction of sp³-hybridized carbons (Fsp3) is 0.364. The summed E-state index contributed by atoms with van der Waals surface area (Å²) < 4.78 is 0. The number of pyridine rings is 1. The lowest BCUT2D eigenvalue weighted by Gasteiger charge is -2.18. The molecule has 1 aromatic heterocycles. The summed E-state index contributed by atoms with van der Waals surface area (Å²) in [6.45, 7) is 1.74. The summed E-state index contributed by atoms with van der Waals surface area (Å²) in [4.78, 5) is 27.9. The molecule has 0 aliphatic rings. The molecule has 6 heteroatoms. The molecule has 17 heavy (non-hydrogen) atoms. The van der Waals surface area contributed by atoms with E-state index in [0.29, 0.717) is 11.4 Å². The Bertz CT molecular complexity index is 414. The number of carbonyl (C=O) groups is 2. The Morgan fingerprint density at radius 2 is 2.06 bits per heavy atom. The Kier molecular flexibility index (Phi) is 4.03. The minimum absolute atomic E-state index is 0.0502. The minimum Gasteiger partial charge on any atom is -0.366 e. The Morgan fingerprint density at radius 1 is 1.41 bits per heavy atom. The molecule has 0 aliphatic heterocycles. The normalized spacial score (nSPS) is 11.7. The molecule has 0 aromatic carbocycles. The van der Waals surface area contributed by atoms with Gasteiger partial charge in [0.25, 0.3) is 0 Å². The van der Waals surface area contributed by atoms with Crippen molar-refractivity contribution in [2.75, 3.05) is 19.4 Å². The summed E-state index contributed by atoms with van der Waals surface area (Å²) in [7, 11) is 3.37. The van der Waals surface area contributed by atoms with E-state index < -0.39 is 5.91 Å². The average Bonchev–Trinajstić information content (AvgIpc) is 2.28. The second kappa shape index (κ2) is 5.29. The lowest BCUT2D eigenvalue weighted by atomic mass is 10.2. The first-order valence-electron chi connectivity index (χ1n) is 5.15. The third-order valence-corrected chi connectivity index (χ3v) is 2.22. The van der Waals surface area contributed by atoms with E-state index in [-0.39, 0.29) is 11.9 Å². The highest BCUT2D eigenvalue weighted by Gasteiger charge is 2.14. The van der Waals surface area contributed by atoms with E-state index in [1.54, 1.807) is 33.2 Å². The van der Waals surface area contributed by atoms with E-state index in [4.69, 9.17) is 5.73 Å². The molecule has 2 amide bonds. The molecule has 3 N–H and O–H groups in total. The molecule has 0 bridgehead atoms. The number of aromatic nitrogens is 1. The van der Waals surface area contributed by atoms with Gasteiger partial charge in [-0.1, -0.05) is 0 Å². The van der Waals surface area contributed by atoms with Crippen LogP contribution in [-0.4, -0.2) is 41.8 Å². The second-order valence-electron chi connectivity index (χ2n) is 3.90. The van der Waals surface area contributed by atoms with Gasteiger partial charge >= 0.3 is 0 Å². The first-order chi connectivity index (χ1) is 7.91. The van der Waals surface area contributed by atoms with Crippen molar-refractivity contribution in [2.24, 2.45) is 5.73 Å². The first kappa shape index (κ1) is 13.0. The lowest BCUT2D eigenvalue weighted by molar-refractivity contribution is -0.129. The van der Waals surface area contributed by atoms with Gasteiger partial charge in [-0.2, -0.15) is 0 Å². The molecule has 0 saturated carbocycles. The van der Waals surface area contributed by atoms with E-state index >= 15 is 0 Å². The number of amides is 2. The van der Waals surface area contributed by atoms with Crippen molar-refractivity contribution < 1.29 is 9.59 Å². The maximum atomic E-state index is 11.6. The van der Waals surface area contributed by atoms with Gasteiger partial charge in [-0.05, 0) is 19.1 Å². The van der Waals surface area contributed by atoms with Gasteiger partial charge in [0.1, 0.15) is 11.9 Å². The quantitative estimate of drug-likeness (QED) is 0.774. The van der Waals surface area contributed by atoms with Crippen molar-refractivity contribution in [1.29, 1.82) is 0 Å². The number of primary amides is 1. The molecule has 1 aromatic rings. The van der Waals surface area contributed by atoms with Crippen molar-refractivity contribution in [2.45, 2.75) is 13.0 Å². The summed E-state index contributed by atoms with van der Waals surface area (Å²) in [5.41, 5.74) is 5.43. The van der Waals surface area contributed by atoms with Crippen LogP contribution in [0.1, 0.15) is 17.3 Å². The number of nitrogens with two attached hydrogens (primary N) is 1. The monoisotopic (exact) mass is 236 g/mol. The van der Waals surface area contributed by atoms with Crippen molar-refractivity contribution in [3.63, 3.8) is 0 Å². The third-order valence-electron chi connectivity index (χ3n) is 2.22. The number of hydrogen-bond acceptors (Lipinski definition) is 4. The second-order valence-corrected chi connectivity index (χ2v) is 3.90. The van der Waals surface area contributed by atoms with Crippen LogP contribution in [0, 0.1) is 0 Å². The highest BCUT2D eigenvalue weighted by Crippen LogP contribution is 2.06. The first-order valence-corrected chi connectivity index (χ1v) is 5.15. The SMILES string of the molecule is CC(Nc1ccc(C(N)=O)cn1)C(=O)N(C)C. The van der Waals surface area contributed by atoms with Crippen molar-refractivity contribution in [3.05, 3.63) is 23.9 Å². The topological polar surface area (TPSA) is 88.3 Å². The van der Waals surface area contributed by atoms with E-state index in [0.717, 1.165) is 0 Å². The van der Waals surface area contributed by atoms with E-state index in [1.165, 1.54) is 11.1 Å². The summed E-state index contributed by atoms with van der Waals surface area (Å²) in [6, 6.07) is 2.79. The summed E-state index contributed by atoms with van der Waals surface area (Å²) in [6.07, 6.45) is 1.37. The number of anilines is 1. The van der Waals surface area contributed by atoms with Gasteiger partial charge in [0, 0.05) is 20.3 Å². The van der Waals surface area contributed by atoms with Crippen LogP contribution in [0.15, 0.2) is 18.3 Å². The number of hydrogen-bond donors (Lipinski definition) is 2. The zero-order chi connectivity index (χ0) is 13.0. The van der Waals surface area contributed by atoms with Crippen LogP contribution in [0.2, 0.25) is 0 Å². The molecule has 1 heterocycles. The molecule has 0 radical (unpaired) electrons. The average molecular weight is 236 g/mol. The number of rotatable bonds is 4. The van der Waals surface area contributed by atoms with E-state index in [1.807, 2.05) is 0 Å². The number of carbonyl (C=O) groups excluding carboxylic acids is 2. The Balaban J connectivity index is 2.69. The lowest BCUT2D eigenvalue weighted by Crippen LogP contribution is -2.36. The molecule has 0 fully saturated rings. The highest BCUT2D eigenvalue weighted by molar-refractivity contribution is 5.92. The Morgan fingerprint density at radius 3 is 2.47 bits per heavy atom. The zero-order valence-electron chi connectivity index (χ0n) is 10.1. The van der Waals surface area contributed by atoms with Gasteiger partial charge in [-0.3, -0.25) is 9.59 Å². The van der Waals surface area contributed by atoms with Crippen LogP contribution in [0.4, 0.5) is 5.82 Å². The fourth-order valence-corrected chi connectivity index (χ4v) is 1.30. The third kappa shape index (κ3) is 3.44. The smallest absolute Gasteiger partial charge is 0.250 e. The molecular weight excluding hydrogens is 220 g/mol.